The minimum absolute atomic E-state index is 0.103. The summed E-state index contributed by atoms with van der Waals surface area (Å²) < 4.78 is 29.6. The van der Waals surface area contributed by atoms with Crippen LogP contribution in [0.1, 0.15) is 51.4 Å². The van der Waals surface area contributed by atoms with Crippen LogP contribution in [0.4, 0.5) is 0 Å². The second-order valence-corrected chi connectivity index (χ2v) is 11.3. The highest BCUT2D eigenvalue weighted by atomic mass is 32.2. The molecule has 0 spiro atoms. The second kappa shape index (κ2) is 8.07. The lowest BCUT2D eigenvalue weighted by molar-refractivity contribution is 0.0130. The highest BCUT2D eigenvalue weighted by Gasteiger charge is 2.34. The van der Waals surface area contributed by atoms with Crippen molar-refractivity contribution < 1.29 is 13.2 Å². The fourth-order valence-corrected chi connectivity index (χ4v) is 6.67. The molecule has 134 valence electrons. The van der Waals surface area contributed by atoms with Gasteiger partial charge in [-0.1, -0.05) is 0 Å². The zero-order chi connectivity index (χ0) is 16.3. The average molecular weight is 362 g/mol. The Bertz CT molecular complexity index is 468. The van der Waals surface area contributed by atoms with Gasteiger partial charge in [-0.05, 0) is 69.6 Å². The highest BCUT2D eigenvalue weighted by molar-refractivity contribution is 8.00. The molecule has 0 radical (unpaired) electrons. The molecule has 1 aliphatic carbocycles. The van der Waals surface area contributed by atoms with E-state index in [0.717, 1.165) is 51.7 Å². The SMILES string of the molecule is CS(=O)(=O)C1CCC(C2CC(OCC3CCCS3)CCN2)CC1. The van der Waals surface area contributed by atoms with E-state index >= 15 is 0 Å². The van der Waals surface area contributed by atoms with E-state index in [0.29, 0.717) is 23.3 Å². The number of thioether (sulfide) groups is 1. The molecule has 1 saturated carbocycles. The summed E-state index contributed by atoms with van der Waals surface area (Å²) in [4.78, 5) is 0. The predicted octanol–water partition coefficient (Wildman–Crippen LogP) is 2.62. The molecule has 3 aliphatic rings. The lowest BCUT2D eigenvalue weighted by atomic mass is 9.80. The molecule has 0 bridgehead atoms. The molecule has 23 heavy (non-hydrogen) atoms. The normalized spacial score (nSPS) is 39.4. The summed E-state index contributed by atoms with van der Waals surface area (Å²) in [5, 5.41) is 4.28. The molecule has 0 aromatic rings. The van der Waals surface area contributed by atoms with Gasteiger partial charge in [0.05, 0.1) is 18.0 Å². The first kappa shape index (κ1) is 18.0. The molecule has 0 aromatic heterocycles. The van der Waals surface area contributed by atoms with E-state index in [1.807, 2.05) is 0 Å². The van der Waals surface area contributed by atoms with Crippen LogP contribution in [0, 0.1) is 5.92 Å². The Morgan fingerprint density at radius 2 is 1.91 bits per heavy atom. The first-order valence-corrected chi connectivity index (χ1v) is 12.2. The number of hydrogen-bond donors (Lipinski definition) is 1. The van der Waals surface area contributed by atoms with Crippen molar-refractivity contribution in [2.75, 3.05) is 25.2 Å². The lowest BCUT2D eigenvalue weighted by Crippen LogP contribution is -2.47. The number of hydrogen-bond acceptors (Lipinski definition) is 5. The summed E-state index contributed by atoms with van der Waals surface area (Å²) in [7, 11) is -2.86. The molecule has 1 N–H and O–H groups in total. The summed E-state index contributed by atoms with van der Waals surface area (Å²) in [5.41, 5.74) is 0. The van der Waals surface area contributed by atoms with Crippen LogP contribution in [0.15, 0.2) is 0 Å². The summed E-state index contributed by atoms with van der Waals surface area (Å²) in [6.45, 7) is 1.96. The van der Waals surface area contributed by atoms with Crippen molar-refractivity contribution in [3.63, 3.8) is 0 Å². The van der Waals surface area contributed by atoms with Gasteiger partial charge >= 0.3 is 0 Å². The van der Waals surface area contributed by atoms with Gasteiger partial charge in [0.25, 0.3) is 0 Å². The van der Waals surface area contributed by atoms with Crippen LogP contribution in [0.3, 0.4) is 0 Å². The van der Waals surface area contributed by atoms with Crippen LogP contribution in [-0.4, -0.2) is 56.2 Å². The Morgan fingerprint density at radius 3 is 2.57 bits per heavy atom. The maximum absolute atomic E-state index is 11.7. The Labute approximate surface area is 145 Å². The van der Waals surface area contributed by atoms with Gasteiger partial charge in [0.2, 0.25) is 0 Å². The number of rotatable bonds is 5. The van der Waals surface area contributed by atoms with Gasteiger partial charge in [0.1, 0.15) is 9.84 Å². The molecule has 3 rings (SSSR count). The van der Waals surface area contributed by atoms with Crippen molar-refractivity contribution in [1.29, 1.82) is 0 Å². The third-order valence-electron chi connectivity index (χ3n) is 5.82. The van der Waals surface area contributed by atoms with Gasteiger partial charge in [-0.3, -0.25) is 0 Å². The van der Waals surface area contributed by atoms with E-state index in [1.54, 1.807) is 0 Å². The molecule has 6 heteroatoms. The third-order valence-corrected chi connectivity index (χ3v) is 8.87. The van der Waals surface area contributed by atoms with Crippen LogP contribution >= 0.6 is 11.8 Å². The molecule has 4 nitrogen and oxygen atoms in total. The average Bonchev–Trinajstić information content (AvgIpc) is 3.06. The first-order chi connectivity index (χ1) is 11.0. The van der Waals surface area contributed by atoms with E-state index in [-0.39, 0.29) is 5.25 Å². The van der Waals surface area contributed by atoms with Gasteiger partial charge in [0.15, 0.2) is 0 Å². The van der Waals surface area contributed by atoms with Crippen molar-refractivity contribution in [3.8, 4) is 0 Å². The minimum Gasteiger partial charge on any atom is -0.377 e. The lowest BCUT2D eigenvalue weighted by Gasteiger charge is -2.38. The van der Waals surface area contributed by atoms with Crippen molar-refractivity contribution in [2.45, 2.75) is 74.0 Å². The smallest absolute Gasteiger partial charge is 0.150 e. The molecule has 3 atom stereocenters. The number of piperidine rings is 1. The van der Waals surface area contributed by atoms with Gasteiger partial charge < -0.3 is 10.1 Å². The molecule has 2 heterocycles. The van der Waals surface area contributed by atoms with Crippen molar-refractivity contribution in [1.82, 2.24) is 5.32 Å². The summed E-state index contributed by atoms with van der Waals surface area (Å²) in [6, 6.07) is 0.519. The van der Waals surface area contributed by atoms with Gasteiger partial charge in [0, 0.05) is 17.5 Å². The number of ether oxygens (including phenoxy) is 1. The monoisotopic (exact) mass is 361 g/mol. The van der Waals surface area contributed by atoms with E-state index < -0.39 is 9.84 Å². The van der Waals surface area contributed by atoms with E-state index in [2.05, 4.69) is 17.1 Å². The van der Waals surface area contributed by atoms with E-state index in [9.17, 15) is 8.42 Å². The Kier molecular flexibility index (Phi) is 6.32. The zero-order valence-corrected chi connectivity index (χ0v) is 15.8. The molecule has 2 aliphatic heterocycles. The fraction of sp³-hybridized carbons (Fsp3) is 1.00. The molecule has 2 saturated heterocycles. The zero-order valence-electron chi connectivity index (χ0n) is 14.2. The predicted molar refractivity (Wildman–Crippen MR) is 96.8 cm³/mol. The van der Waals surface area contributed by atoms with Gasteiger partial charge in [-0.2, -0.15) is 11.8 Å². The van der Waals surface area contributed by atoms with Gasteiger partial charge in [-0.25, -0.2) is 8.42 Å². The fourth-order valence-electron chi connectivity index (χ4n) is 4.36. The van der Waals surface area contributed by atoms with Crippen molar-refractivity contribution in [2.24, 2.45) is 5.92 Å². The molecule has 0 amide bonds. The molecule has 0 aromatic carbocycles. The minimum atomic E-state index is -2.86. The van der Waals surface area contributed by atoms with Crippen LogP contribution in [-0.2, 0) is 14.6 Å². The standard InChI is InChI=1S/C17H31NO3S2/c1-23(19,20)16-6-4-13(5-7-16)17-11-14(8-9-18-17)21-12-15-3-2-10-22-15/h13-18H,2-12H2,1H3. The summed E-state index contributed by atoms with van der Waals surface area (Å²) >= 11 is 2.06. The van der Waals surface area contributed by atoms with Gasteiger partial charge in [-0.15, -0.1) is 0 Å². The quantitative estimate of drug-likeness (QED) is 0.816. The first-order valence-electron chi connectivity index (χ1n) is 9.18. The van der Waals surface area contributed by atoms with Crippen LogP contribution in [0.5, 0.6) is 0 Å². The molecular weight excluding hydrogens is 330 g/mol. The van der Waals surface area contributed by atoms with Crippen molar-refractivity contribution in [3.05, 3.63) is 0 Å². The summed E-state index contributed by atoms with van der Waals surface area (Å²) in [5.74, 6) is 1.92. The molecule has 3 unspecified atom stereocenters. The van der Waals surface area contributed by atoms with Crippen LogP contribution in [0.2, 0.25) is 0 Å². The van der Waals surface area contributed by atoms with Crippen LogP contribution < -0.4 is 5.32 Å². The van der Waals surface area contributed by atoms with E-state index in [4.69, 9.17) is 4.74 Å². The molecule has 3 fully saturated rings. The third kappa shape index (κ3) is 5.10. The Morgan fingerprint density at radius 1 is 1.13 bits per heavy atom. The number of nitrogens with one attached hydrogen (secondary N) is 1. The largest absolute Gasteiger partial charge is 0.377 e. The summed E-state index contributed by atoms with van der Waals surface area (Å²) in [6.07, 6.45) is 10.4. The maximum atomic E-state index is 11.7. The second-order valence-electron chi connectivity index (χ2n) is 7.54. The van der Waals surface area contributed by atoms with E-state index in [1.165, 1.54) is 24.9 Å². The topological polar surface area (TPSA) is 55.4 Å². The molecular formula is C17H31NO3S2. The Hall–Kier alpha value is 0.220. The van der Waals surface area contributed by atoms with Crippen molar-refractivity contribution >= 4 is 21.6 Å². The Balaban J connectivity index is 1.43. The van der Waals surface area contributed by atoms with Crippen LogP contribution in [0.25, 0.3) is 0 Å². The maximum Gasteiger partial charge on any atom is 0.150 e. The number of sulfone groups is 1. The highest BCUT2D eigenvalue weighted by Crippen LogP contribution is 2.34.